The molecule has 4 nitrogen and oxygen atoms in total. The molecule has 0 saturated heterocycles. The predicted molar refractivity (Wildman–Crippen MR) is 56.2 cm³/mol. The van der Waals surface area contributed by atoms with Crippen LogP contribution in [0.2, 0.25) is 0 Å². The first-order valence-electron chi connectivity index (χ1n) is 4.99. The van der Waals surface area contributed by atoms with Crippen LogP contribution in [0.3, 0.4) is 0 Å². The van der Waals surface area contributed by atoms with Crippen LogP contribution < -0.4 is 5.73 Å². The third-order valence-electron chi connectivity index (χ3n) is 2.41. The standard InChI is InChI=1S/C10H19N3O/c1-4-14-10(5-11)6-13-7-12-8(2)9(13)3/h7,10H,4-6,11H2,1-3H3. The molecule has 2 N–H and O–H groups in total. The van der Waals surface area contributed by atoms with Gasteiger partial charge in [-0.3, -0.25) is 0 Å². The highest BCUT2D eigenvalue weighted by atomic mass is 16.5. The number of ether oxygens (including phenoxy) is 1. The number of hydrogen-bond acceptors (Lipinski definition) is 3. The first-order chi connectivity index (χ1) is 6.69. The molecule has 1 aromatic heterocycles. The molecule has 1 heterocycles. The second kappa shape index (κ2) is 5.12. The third-order valence-corrected chi connectivity index (χ3v) is 2.41. The largest absolute Gasteiger partial charge is 0.375 e. The average Bonchev–Trinajstić information content (AvgIpc) is 2.49. The fraction of sp³-hybridized carbons (Fsp3) is 0.700. The lowest BCUT2D eigenvalue weighted by atomic mass is 10.3. The van der Waals surface area contributed by atoms with E-state index in [9.17, 15) is 0 Å². The normalized spacial score (nSPS) is 13.1. The van der Waals surface area contributed by atoms with E-state index in [1.165, 1.54) is 5.69 Å². The molecule has 0 aliphatic heterocycles. The van der Waals surface area contributed by atoms with Gasteiger partial charge in [0.1, 0.15) is 0 Å². The van der Waals surface area contributed by atoms with Crippen LogP contribution in [0.15, 0.2) is 6.33 Å². The molecule has 0 spiro atoms. The van der Waals surface area contributed by atoms with Gasteiger partial charge in [-0.05, 0) is 20.8 Å². The number of aromatic nitrogens is 2. The lowest BCUT2D eigenvalue weighted by Crippen LogP contribution is -2.28. The second-order valence-corrected chi connectivity index (χ2v) is 3.38. The Morgan fingerprint density at radius 2 is 2.29 bits per heavy atom. The molecule has 0 aliphatic carbocycles. The number of nitrogens with two attached hydrogens (primary N) is 1. The van der Waals surface area contributed by atoms with E-state index in [0.29, 0.717) is 13.2 Å². The molecule has 0 aliphatic rings. The van der Waals surface area contributed by atoms with Crippen molar-refractivity contribution in [2.24, 2.45) is 5.73 Å². The highest BCUT2D eigenvalue weighted by Gasteiger charge is 2.09. The first kappa shape index (κ1) is 11.2. The molecule has 0 bridgehead atoms. The van der Waals surface area contributed by atoms with Crippen LogP contribution in [-0.4, -0.2) is 28.8 Å². The van der Waals surface area contributed by atoms with E-state index < -0.39 is 0 Å². The van der Waals surface area contributed by atoms with E-state index in [1.54, 1.807) is 0 Å². The maximum absolute atomic E-state index is 5.60. The van der Waals surface area contributed by atoms with Gasteiger partial charge in [0.15, 0.2) is 0 Å². The van der Waals surface area contributed by atoms with Crippen molar-refractivity contribution in [2.45, 2.75) is 33.4 Å². The molecule has 1 unspecified atom stereocenters. The molecule has 0 saturated carbocycles. The lowest BCUT2D eigenvalue weighted by molar-refractivity contribution is 0.0563. The zero-order valence-corrected chi connectivity index (χ0v) is 9.16. The summed E-state index contributed by atoms with van der Waals surface area (Å²) in [4.78, 5) is 4.23. The van der Waals surface area contributed by atoms with Gasteiger partial charge in [-0.1, -0.05) is 0 Å². The number of imidazole rings is 1. The Morgan fingerprint density at radius 1 is 1.57 bits per heavy atom. The summed E-state index contributed by atoms with van der Waals surface area (Å²) in [6, 6.07) is 0. The summed E-state index contributed by atoms with van der Waals surface area (Å²) < 4.78 is 7.57. The van der Waals surface area contributed by atoms with Gasteiger partial charge in [0.25, 0.3) is 0 Å². The molecule has 0 radical (unpaired) electrons. The van der Waals surface area contributed by atoms with Crippen LogP contribution in [0.25, 0.3) is 0 Å². The van der Waals surface area contributed by atoms with Crippen molar-refractivity contribution < 1.29 is 4.74 Å². The molecule has 14 heavy (non-hydrogen) atoms. The maximum Gasteiger partial charge on any atom is 0.0952 e. The first-order valence-corrected chi connectivity index (χ1v) is 4.99. The van der Waals surface area contributed by atoms with Crippen molar-refractivity contribution in [3.05, 3.63) is 17.7 Å². The molecule has 80 valence electrons. The molecule has 1 rings (SSSR count). The summed E-state index contributed by atoms with van der Waals surface area (Å²) in [5.41, 5.74) is 7.86. The minimum Gasteiger partial charge on any atom is -0.375 e. The van der Waals surface area contributed by atoms with E-state index in [-0.39, 0.29) is 6.10 Å². The molecule has 0 amide bonds. The SMILES string of the molecule is CCOC(CN)Cn1cnc(C)c1C. The van der Waals surface area contributed by atoms with E-state index in [4.69, 9.17) is 10.5 Å². The van der Waals surface area contributed by atoms with Crippen molar-refractivity contribution in [3.63, 3.8) is 0 Å². The smallest absolute Gasteiger partial charge is 0.0952 e. The Bertz CT molecular complexity index is 283. The van der Waals surface area contributed by atoms with Crippen LogP contribution in [0, 0.1) is 13.8 Å². The van der Waals surface area contributed by atoms with Crippen LogP contribution in [0.4, 0.5) is 0 Å². The summed E-state index contributed by atoms with van der Waals surface area (Å²) in [6.45, 7) is 8.08. The monoisotopic (exact) mass is 197 g/mol. The second-order valence-electron chi connectivity index (χ2n) is 3.38. The zero-order valence-electron chi connectivity index (χ0n) is 9.16. The number of rotatable bonds is 5. The summed E-state index contributed by atoms with van der Waals surface area (Å²) in [6.07, 6.45) is 1.93. The fourth-order valence-electron chi connectivity index (χ4n) is 1.38. The van der Waals surface area contributed by atoms with Gasteiger partial charge in [0, 0.05) is 18.8 Å². The quantitative estimate of drug-likeness (QED) is 0.761. The van der Waals surface area contributed by atoms with Gasteiger partial charge in [0.2, 0.25) is 0 Å². The van der Waals surface area contributed by atoms with E-state index >= 15 is 0 Å². The van der Waals surface area contributed by atoms with Crippen molar-refractivity contribution in [2.75, 3.05) is 13.2 Å². The van der Waals surface area contributed by atoms with E-state index in [1.807, 2.05) is 20.2 Å². The fourth-order valence-corrected chi connectivity index (χ4v) is 1.38. The minimum atomic E-state index is 0.0901. The van der Waals surface area contributed by atoms with Crippen LogP contribution >= 0.6 is 0 Å². The highest BCUT2D eigenvalue weighted by Crippen LogP contribution is 2.06. The summed E-state index contributed by atoms with van der Waals surface area (Å²) in [5.74, 6) is 0. The van der Waals surface area contributed by atoms with Crippen molar-refractivity contribution >= 4 is 0 Å². The Balaban J connectivity index is 2.62. The molecule has 0 aromatic carbocycles. The number of nitrogens with zero attached hydrogens (tertiary/aromatic N) is 2. The molecule has 4 heteroatoms. The summed E-state index contributed by atoms with van der Waals surface area (Å²) >= 11 is 0. The zero-order chi connectivity index (χ0) is 10.6. The van der Waals surface area contributed by atoms with E-state index in [0.717, 1.165) is 12.2 Å². The molecule has 0 fully saturated rings. The van der Waals surface area contributed by atoms with Crippen molar-refractivity contribution in [3.8, 4) is 0 Å². The Morgan fingerprint density at radius 3 is 2.71 bits per heavy atom. The predicted octanol–water partition coefficient (Wildman–Crippen LogP) is 0.864. The molecular weight excluding hydrogens is 178 g/mol. The van der Waals surface area contributed by atoms with Crippen LogP contribution in [0.1, 0.15) is 18.3 Å². The summed E-state index contributed by atoms with van der Waals surface area (Å²) in [7, 11) is 0. The van der Waals surface area contributed by atoms with Crippen LogP contribution in [-0.2, 0) is 11.3 Å². The third kappa shape index (κ3) is 2.56. The Kier molecular flexibility index (Phi) is 4.10. The Labute approximate surface area is 85.1 Å². The lowest BCUT2D eigenvalue weighted by Gasteiger charge is -2.16. The van der Waals surface area contributed by atoms with Crippen molar-refractivity contribution in [1.29, 1.82) is 0 Å². The number of hydrogen-bond donors (Lipinski definition) is 1. The van der Waals surface area contributed by atoms with E-state index in [2.05, 4.69) is 16.5 Å². The maximum atomic E-state index is 5.60. The van der Waals surface area contributed by atoms with Crippen molar-refractivity contribution in [1.82, 2.24) is 9.55 Å². The van der Waals surface area contributed by atoms with Gasteiger partial charge in [-0.25, -0.2) is 4.98 Å². The minimum absolute atomic E-state index is 0.0901. The Hall–Kier alpha value is -0.870. The van der Waals surface area contributed by atoms with Gasteiger partial charge < -0.3 is 15.0 Å². The highest BCUT2D eigenvalue weighted by molar-refractivity contribution is 5.08. The van der Waals surface area contributed by atoms with Gasteiger partial charge in [0.05, 0.1) is 24.7 Å². The van der Waals surface area contributed by atoms with Gasteiger partial charge in [-0.15, -0.1) is 0 Å². The average molecular weight is 197 g/mol. The summed E-state index contributed by atoms with van der Waals surface area (Å²) in [5, 5.41) is 0. The van der Waals surface area contributed by atoms with Crippen LogP contribution in [0.5, 0.6) is 0 Å². The molecular formula is C10H19N3O. The molecule has 1 atom stereocenters. The van der Waals surface area contributed by atoms with Gasteiger partial charge >= 0.3 is 0 Å². The topological polar surface area (TPSA) is 53.1 Å². The molecule has 1 aromatic rings. The van der Waals surface area contributed by atoms with Gasteiger partial charge in [-0.2, -0.15) is 0 Å². The number of aryl methyl sites for hydroxylation is 1.